The van der Waals surface area contributed by atoms with Gasteiger partial charge in [0, 0.05) is 15.4 Å². The molecule has 1 atom stereocenters. The largest absolute Gasteiger partial charge is 0.480 e. The molecule has 1 amide bonds. The van der Waals surface area contributed by atoms with Crippen molar-refractivity contribution in [2.24, 2.45) is 5.41 Å². The molecule has 4 nitrogen and oxygen atoms in total. The Hall–Kier alpha value is -1.11. The van der Waals surface area contributed by atoms with Crippen LogP contribution >= 0.6 is 22.6 Å². The molecule has 1 aromatic carbocycles. The molecule has 0 saturated carbocycles. The van der Waals surface area contributed by atoms with E-state index < -0.39 is 17.4 Å². The van der Waals surface area contributed by atoms with Crippen molar-refractivity contribution in [3.05, 3.63) is 33.4 Å². The molecule has 0 unspecified atom stereocenters. The van der Waals surface area contributed by atoms with Gasteiger partial charge in [-0.2, -0.15) is 0 Å². The van der Waals surface area contributed by atoms with Crippen LogP contribution in [0, 0.1) is 8.99 Å². The Morgan fingerprint density at radius 3 is 2.47 bits per heavy atom. The fraction of sp³-hybridized carbons (Fsp3) is 0.429. The molecule has 5 heteroatoms. The number of carboxylic acids is 1. The van der Waals surface area contributed by atoms with Gasteiger partial charge in [0.05, 0.1) is 0 Å². The third-order valence-corrected chi connectivity index (χ3v) is 3.28. The SMILES string of the molecule is CC(C)(C)C(=O)N[C@H](Cc1cccc(I)c1)C(=O)O. The van der Waals surface area contributed by atoms with E-state index in [4.69, 9.17) is 0 Å². The first kappa shape index (κ1) is 15.9. The number of hydrogen-bond acceptors (Lipinski definition) is 2. The van der Waals surface area contributed by atoms with Crippen molar-refractivity contribution in [3.63, 3.8) is 0 Å². The molecule has 0 radical (unpaired) electrons. The van der Waals surface area contributed by atoms with Crippen LogP contribution in [0.3, 0.4) is 0 Å². The zero-order valence-electron chi connectivity index (χ0n) is 11.2. The molecular formula is C14H18INO3. The van der Waals surface area contributed by atoms with E-state index in [1.54, 1.807) is 20.8 Å². The Labute approximate surface area is 126 Å². The number of aliphatic carboxylic acids is 1. The predicted molar refractivity (Wildman–Crippen MR) is 81.9 cm³/mol. The molecule has 0 aliphatic rings. The van der Waals surface area contributed by atoms with Gasteiger partial charge in [0.2, 0.25) is 5.91 Å². The van der Waals surface area contributed by atoms with Crippen LogP contribution in [-0.2, 0) is 16.0 Å². The van der Waals surface area contributed by atoms with Gasteiger partial charge >= 0.3 is 5.97 Å². The molecular weight excluding hydrogens is 357 g/mol. The van der Waals surface area contributed by atoms with Gasteiger partial charge in [0.25, 0.3) is 0 Å². The second kappa shape index (κ2) is 6.36. The average Bonchev–Trinajstić information content (AvgIpc) is 2.26. The summed E-state index contributed by atoms with van der Waals surface area (Å²) in [7, 11) is 0. The first-order valence-electron chi connectivity index (χ1n) is 5.98. The normalized spacial score (nSPS) is 12.8. The maximum absolute atomic E-state index is 11.9. The monoisotopic (exact) mass is 375 g/mol. The van der Waals surface area contributed by atoms with E-state index in [-0.39, 0.29) is 12.3 Å². The number of benzene rings is 1. The molecule has 0 saturated heterocycles. The zero-order chi connectivity index (χ0) is 14.6. The number of amides is 1. The molecule has 0 heterocycles. The third-order valence-electron chi connectivity index (χ3n) is 2.61. The Morgan fingerprint density at radius 2 is 2.00 bits per heavy atom. The number of carboxylic acid groups (broad SMARTS) is 1. The van der Waals surface area contributed by atoms with E-state index in [2.05, 4.69) is 27.9 Å². The molecule has 0 fully saturated rings. The fourth-order valence-electron chi connectivity index (χ4n) is 1.47. The van der Waals surface area contributed by atoms with Crippen LogP contribution in [0.1, 0.15) is 26.3 Å². The van der Waals surface area contributed by atoms with Crippen LogP contribution < -0.4 is 5.32 Å². The number of halogens is 1. The van der Waals surface area contributed by atoms with E-state index in [9.17, 15) is 14.7 Å². The van der Waals surface area contributed by atoms with Crippen LogP contribution in [0.4, 0.5) is 0 Å². The molecule has 0 aliphatic heterocycles. The van der Waals surface area contributed by atoms with Crippen LogP contribution in [-0.4, -0.2) is 23.0 Å². The molecule has 19 heavy (non-hydrogen) atoms. The van der Waals surface area contributed by atoms with Gasteiger partial charge in [0.15, 0.2) is 0 Å². The van der Waals surface area contributed by atoms with Crippen molar-refractivity contribution < 1.29 is 14.7 Å². The third kappa shape index (κ3) is 5.18. The molecule has 0 aromatic heterocycles. The van der Waals surface area contributed by atoms with E-state index in [1.165, 1.54) is 0 Å². The maximum Gasteiger partial charge on any atom is 0.326 e. The minimum absolute atomic E-state index is 0.259. The number of nitrogens with one attached hydrogen (secondary N) is 1. The smallest absolute Gasteiger partial charge is 0.326 e. The summed E-state index contributed by atoms with van der Waals surface area (Å²) in [5.74, 6) is -1.28. The van der Waals surface area contributed by atoms with E-state index in [1.807, 2.05) is 24.3 Å². The highest BCUT2D eigenvalue weighted by molar-refractivity contribution is 14.1. The van der Waals surface area contributed by atoms with Crippen LogP contribution in [0.15, 0.2) is 24.3 Å². The minimum atomic E-state index is -1.02. The zero-order valence-corrected chi connectivity index (χ0v) is 13.4. The number of hydrogen-bond donors (Lipinski definition) is 2. The van der Waals surface area contributed by atoms with Crippen molar-refractivity contribution in [2.45, 2.75) is 33.2 Å². The Morgan fingerprint density at radius 1 is 1.37 bits per heavy atom. The second-order valence-electron chi connectivity index (χ2n) is 5.45. The van der Waals surface area contributed by atoms with Crippen LogP contribution in [0.25, 0.3) is 0 Å². The van der Waals surface area contributed by atoms with Gasteiger partial charge in [-0.05, 0) is 40.3 Å². The Balaban J connectivity index is 2.80. The Kier molecular flexibility index (Phi) is 5.34. The summed E-state index contributed by atoms with van der Waals surface area (Å²) >= 11 is 2.17. The molecule has 1 aromatic rings. The van der Waals surface area contributed by atoms with Gasteiger partial charge in [-0.3, -0.25) is 4.79 Å². The van der Waals surface area contributed by atoms with Crippen molar-refractivity contribution in [1.82, 2.24) is 5.32 Å². The molecule has 0 spiro atoms. The summed E-state index contributed by atoms with van der Waals surface area (Å²) in [6, 6.07) is 6.70. The first-order chi connectivity index (χ1) is 8.70. The summed E-state index contributed by atoms with van der Waals surface area (Å²) < 4.78 is 1.04. The molecule has 0 aliphatic carbocycles. The first-order valence-corrected chi connectivity index (χ1v) is 7.06. The van der Waals surface area contributed by atoms with Crippen LogP contribution in [0.5, 0.6) is 0 Å². The van der Waals surface area contributed by atoms with Crippen LogP contribution in [0.2, 0.25) is 0 Å². The summed E-state index contributed by atoms with van der Waals surface area (Å²) in [4.78, 5) is 23.1. The highest BCUT2D eigenvalue weighted by Gasteiger charge is 2.27. The molecule has 0 bridgehead atoms. The number of carbonyl (C=O) groups excluding carboxylic acids is 1. The number of rotatable bonds is 4. The number of carbonyl (C=O) groups is 2. The molecule has 1 rings (SSSR count). The predicted octanol–water partition coefficient (Wildman–Crippen LogP) is 2.45. The molecule has 2 N–H and O–H groups in total. The molecule has 104 valence electrons. The van der Waals surface area contributed by atoms with Gasteiger partial charge < -0.3 is 10.4 Å². The highest BCUT2D eigenvalue weighted by atomic mass is 127. The van der Waals surface area contributed by atoms with Gasteiger partial charge in [0.1, 0.15) is 6.04 Å². The second-order valence-corrected chi connectivity index (χ2v) is 6.69. The topological polar surface area (TPSA) is 66.4 Å². The summed E-state index contributed by atoms with van der Waals surface area (Å²) in [5.41, 5.74) is 0.298. The van der Waals surface area contributed by atoms with Gasteiger partial charge in [-0.25, -0.2) is 4.79 Å². The quantitative estimate of drug-likeness (QED) is 0.795. The lowest BCUT2D eigenvalue weighted by Crippen LogP contribution is -2.46. The summed E-state index contributed by atoms with van der Waals surface area (Å²) in [6.07, 6.45) is 0.286. The maximum atomic E-state index is 11.9. The summed E-state index contributed by atoms with van der Waals surface area (Å²) in [6.45, 7) is 5.27. The lowest BCUT2D eigenvalue weighted by molar-refractivity contribution is -0.143. The van der Waals surface area contributed by atoms with Gasteiger partial charge in [-0.15, -0.1) is 0 Å². The van der Waals surface area contributed by atoms with E-state index in [0.717, 1.165) is 9.13 Å². The van der Waals surface area contributed by atoms with Crippen molar-refractivity contribution in [3.8, 4) is 0 Å². The minimum Gasteiger partial charge on any atom is -0.480 e. The van der Waals surface area contributed by atoms with Crippen molar-refractivity contribution >= 4 is 34.5 Å². The highest BCUT2D eigenvalue weighted by Crippen LogP contribution is 2.14. The van der Waals surface area contributed by atoms with Crippen molar-refractivity contribution in [2.75, 3.05) is 0 Å². The van der Waals surface area contributed by atoms with Gasteiger partial charge in [-0.1, -0.05) is 32.9 Å². The lowest BCUT2D eigenvalue weighted by atomic mass is 9.94. The standard InChI is InChI=1S/C14H18INO3/c1-14(2,3)13(19)16-11(12(17)18)8-9-5-4-6-10(15)7-9/h4-7,11H,8H2,1-3H3,(H,16,19)(H,17,18)/t11-/m1/s1. The summed E-state index contributed by atoms with van der Waals surface area (Å²) in [5, 5.41) is 11.8. The van der Waals surface area contributed by atoms with E-state index >= 15 is 0 Å². The fourth-order valence-corrected chi connectivity index (χ4v) is 2.08. The average molecular weight is 375 g/mol. The Bertz CT molecular complexity index is 480. The van der Waals surface area contributed by atoms with E-state index in [0.29, 0.717) is 0 Å². The lowest BCUT2D eigenvalue weighted by Gasteiger charge is -2.22. The van der Waals surface area contributed by atoms with Crippen molar-refractivity contribution in [1.29, 1.82) is 0 Å².